The van der Waals surface area contributed by atoms with Gasteiger partial charge in [-0.15, -0.1) is 0 Å². The van der Waals surface area contributed by atoms with Crippen molar-refractivity contribution in [2.75, 3.05) is 6.61 Å². The number of aromatic nitrogens is 4. The van der Waals surface area contributed by atoms with Crippen LogP contribution in [0.15, 0.2) is 77.9 Å². The molecule has 9 nitrogen and oxygen atoms in total. The molecule has 2 aliphatic rings. The maximum atomic E-state index is 13.4. The van der Waals surface area contributed by atoms with Crippen LogP contribution in [0.25, 0.3) is 22.2 Å². The summed E-state index contributed by atoms with van der Waals surface area (Å²) in [5, 5.41) is 0.520. The summed E-state index contributed by atoms with van der Waals surface area (Å²) in [5.41, 5.74) is 4.08. The predicted molar refractivity (Wildman–Crippen MR) is 157 cm³/mol. The van der Waals surface area contributed by atoms with Gasteiger partial charge in [0.25, 0.3) is 11.3 Å². The van der Waals surface area contributed by atoms with Crippen molar-refractivity contribution in [1.29, 1.82) is 0 Å². The SMILES string of the molecule is CC(=O)c1ccc2nc(Cn3ccc(-c4cccc5c4OC(C)(c4ccc(Cl)cn4)O5)cc3=O)n(C[C@@H]3CCO3)c2c1. The van der Waals surface area contributed by atoms with Gasteiger partial charge in [0.2, 0.25) is 0 Å². The molecule has 2 aliphatic heterocycles. The standard InChI is InChI=1S/C32H27ClN4O5/c1-19(38)20-6-8-25-26(14-20)37(17-23-11-13-40-23)29(35-25)18-36-12-10-21(15-30(36)39)24-4-3-5-27-31(24)42-32(2,41-27)28-9-7-22(33)16-34-28/h3-10,12,14-16,23H,11,13,17-18H2,1-2H3/t23-,32?/m0/s1. The molecule has 5 aromatic rings. The van der Waals surface area contributed by atoms with E-state index in [4.69, 9.17) is 30.8 Å². The van der Waals surface area contributed by atoms with Crippen LogP contribution >= 0.6 is 11.6 Å². The number of nitrogens with zero attached hydrogens (tertiary/aromatic N) is 4. The van der Waals surface area contributed by atoms with Crippen molar-refractivity contribution in [2.24, 2.45) is 0 Å². The Hall–Kier alpha value is -4.47. The van der Waals surface area contributed by atoms with E-state index in [-0.39, 0.29) is 24.0 Å². The minimum absolute atomic E-state index is 0.00979. The van der Waals surface area contributed by atoms with E-state index in [1.807, 2.05) is 36.4 Å². The third-order valence-corrected chi connectivity index (χ3v) is 8.03. The Morgan fingerprint density at radius 3 is 2.69 bits per heavy atom. The van der Waals surface area contributed by atoms with E-state index in [9.17, 15) is 9.59 Å². The first-order valence-corrected chi connectivity index (χ1v) is 14.1. The van der Waals surface area contributed by atoms with Crippen LogP contribution in [0.4, 0.5) is 0 Å². The Bertz CT molecular complexity index is 1910. The average Bonchev–Trinajstić information content (AvgIpc) is 3.48. The first-order valence-electron chi connectivity index (χ1n) is 13.7. The number of halogens is 1. The van der Waals surface area contributed by atoms with Gasteiger partial charge < -0.3 is 23.3 Å². The lowest BCUT2D eigenvalue weighted by atomic mass is 10.1. The number of ketones is 1. The summed E-state index contributed by atoms with van der Waals surface area (Å²) in [7, 11) is 0. The van der Waals surface area contributed by atoms with Gasteiger partial charge in [-0.25, -0.2) is 4.98 Å². The minimum atomic E-state index is -1.14. The third kappa shape index (κ3) is 4.64. The summed E-state index contributed by atoms with van der Waals surface area (Å²) in [6.45, 7) is 4.95. The summed E-state index contributed by atoms with van der Waals surface area (Å²) in [5.74, 6) is 0.679. The number of Topliss-reactive ketones (excluding diaryl/α,β-unsaturated/α-hetero) is 1. The topological polar surface area (TPSA) is 97.5 Å². The average molecular weight is 583 g/mol. The lowest BCUT2D eigenvalue weighted by molar-refractivity contribution is -0.0715. The molecular weight excluding hydrogens is 556 g/mol. The summed E-state index contributed by atoms with van der Waals surface area (Å²) >= 11 is 6.02. The van der Waals surface area contributed by atoms with E-state index in [0.717, 1.165) is 35.4 Å². The molecule has 10 heteroatoms. The van der Waals surface area contributed by atoms with Crippen LogP contribution in [0.3, 0.4) is 0 Å². The van der Waals surface area contributed by atoms with Gasteiger partial charge in [-0.3, -0.25) is 14.6 Å². The Balaban J connectivity index is 1.20. The molecule has 7 rings (SSSR count). The third-order valence-electron chi connectivity index (χ3n) is 7.81. The van der Waals surface area contributed by atoms with Crippen LogP contribution in [-0.2, 0) is 23.6 Å². The largest absolute Gasteiger partial charge is 0.443 e. The van der Waals surface area contributed by atoms with Gasteiger partial charge in [0.05, 0.1) is 35.2 Å². The molecule has 0 aliphatic carbocycles. The molecule has 0 saturated carbocycles. The van der Waals surface area contributed by atoms with Gasteiger partial charge in [-0.2, -0.15) is 0 Å². The van der Waals surface area contributed by atoms with Gasteiger partial charge in [0, 0.05) is 43.1 Å². The normalized spacial score (nSPS) is 19.2. The fourth-order valence-electron chi connectivity index (χ4n) is 5.41. The van der Waals surface area contributed by atoms with Crippen molar-refractivity contribution in [3.8, 4) is 22.6 Å². The fraction of sp³-hybridized carbons (Fsp3) is 0.250. The zero-order valence-electron chi connectivity index (χ0n) is 23.0. The highest BCUT2D eigenvalue weighted by Gasteiger charge is 2.41. The van der Waals surface area contributed by atoms with Crippen LogP contribution in [0.5, 0.6) is 11.5 Å². The molecule has 1 fully saturated rings. The molecule has 0 bridgehead atoms. The summed E-state index contributed by atoms with van der Waals surface area (Å²) in [6, 6.07) is 18.1. The van der Waals surface area contributed by atoms with Crippen LogP contribution in [-0.4, -0.2) is 37.6 Å². The molecule has 3 aromatic heterocycles. The second kappa shape index (κ2) is 10.1. The lowest BCUT2D eigenvalue weighted by Gasteiger charge is -2.27. The van der Waals surface area contributed by atoms with Crippen molar-refractivity contribution in [2.45, 2.75) is 45.2 Å². The summed E-state index contributed by atoms with van der Waals surface area (Å²) in [4.78, 5) is 34.7. The van der Waals surface area contributed by atoms with Gasteiger partial charge in [0.15, 0.2) is 17.3 Å². The zero-order valence-corrected chi connectivity index (χ0v) is 23.8. The van der Waals surface area contributed by atoms with Crippen LogP contribution < -0.4 is 15.0 Å². The second-order valence-corrected chi connectivity index (χ2v) is 11.1. The molecule has 1 unspecified atom stereocenters. The Morgan fingerprint density at radius 1 is 1.12 bits per heavy atom. The molecule has 2 aromatic carbocycles. The number of ether oxygens (including phenoxy) is 3. The number of para-hydroxylation sites is 1. The highest BCUT2D eigenvalue weighted by Crippen LogP contribution is 2.48. The van der Waals surface area contributed by atoms with Gasteiger partial charge in [-0.05, 0) is 61.4 Å². The molecule has 212 valence electrons. The number of hydrogen-bond donors (Lipinski definition) is 0. The van der Waals surface area contributed by atoms with Crippen molar-refractivity contribution >= 4 is 28.4 Å². The van der Waals surface area contributed by atoms with E-state index in [0.29, 0.717) is 39.9 Å². The maximum absolute atomic E-state index is 13.4. The number of benzene rings is 2. The van der Waals surface area contributed by atoms with Gasteiger partial charge in [-0.1, -0.05) is 23.7 Å². The number of fused-ring (bicyclic) bond motifs is 2. The van der Waals surface area contributed by atoms with Gasteiger partial charge >= 0.3 is 0 Å². The molecule has 42 heavy (non-hydrogen) atoms. The van der Waals surface area contributed by atoms with E-state index >= 15 is 0 Å². The quantitative estimate of drug-likeness (QED) is 0.230. The highest BCUT2D eigenvalue weighted by atomic mass is 35.5. The summed E-state index contributed by atoms with van der Waals surface area (Å²) < 4.78 is 21.9. The Morgan fingerprint density at radius 2 is 1.98 bits per heavy atom. The first kappa shape index (κ1) is 26.4. The first-order chi connectivity index (χ1) is 20.3. The monoisotopic (exact) mass is 582 g/mol. The second-order valence-electron chi connectivity index (χ2n) is 10.7. The Labute approximate surface area is 246 Å². The molecule has 0 N–H and O–H groups in total. The number of carbonyl (C=O) groups excluding carboxylic acids is 1. The fourth-order valence-corrected chi connectivity index (χ4v) is 5.52. The number of rotatable bonds is 7. The molecule has 0 radical (unpaired) electrons. The lowest BCUT2D eigenvalue weighted by Crippen LogP contribution is -2.32. The van der Waals surface area contributed by atoms with Crippen LogP contribution in [0, 0.1) is 0 Å². The summed E-state index contributed by atoms with van der Waals surface area (Å²) in [6.07, 6.45) is 4.35. The molecule has 5 heterocycles. The number of carbonyl (C=O) groups is 1. The number of imidazole rings is 1. The maximum Gasteiger partial charge on any atom is 0.292 e. The van der Waals surface area contributed by atoms with Gasteiger partial charge in [0.1, 0.15) is 11.5 Å². The molecule has 0 amide bonds. The van der Waals surface area contributed by atoms with E-state index in [1.165, 1.54) is 0 Å². The van der Waals surface area contributed by atoms with E-state index in [2.05, 4.69) is 9.55 Å². The van der Waals surface area contributed by atoms with Crippen molar-refractivity contribution in [3.63, 3.8) is 0 Å². The van der Waals surface area contributed by atoms with Crippen molar-refractivity contribution in [3.05, 3.63) is 106 Å². The van der Waals surface area contributed by atoms with Crippen molar-refractivity contribution < 1.29 is 19.0 Å². The highest BCUT2D eigenvalue weighted by molar-refractivity contribution is 6.30. The smallest absolute Gasteiger partial charge is 0.292 e. The predicted octanol–water partition coefficient (Wildman–Crippen LogP) is 5.60. The van der Waals surface area contributed by atoms with Crippen LogP contribution in [0.2, 0.25) is 5.02 Å². The molecule has 0 spiro atoms. The zero-order chi connectivity index (χ0) is 29.0. The molecule has 2 atom stereocenters. The van der Waals surface area contributed by atoms with E-state index < -0.39 is 5.79 Å². The number of hydrogen-bond acceptors (Lipinski definition) is 7. The number of pyridine rings is 2. The van der Waals surface area contributed by atoms with Crippen LogP contribution in [0.1, 0.15) is 42.1 Å². The molecular formula is C32H27ClN4O5. The minimum Gasteiger partial charge on any atom is -0.443 e. The molecule has 1 saturated heterocycles. The van der Waals surface area contributed by atoms with E-state index in [1.54, 1.807) is 55.1 Å². The van der Waals surface area contributed by atoms with Crippen molar-refractivity contribution in [1.82, 2.24) is 19.1 Å². The Kier molecular flexibility index (Phi) is 6.36.